The topological polar surface area (TPSA) is 93.1 Å². The van der Waals surface area contributed by atoms with E-state index in [9.17, 15) is 23.2 Å². The summed E-state index contributed by atoms with van der Waals surface area (Å²) >= 11 is 0. The van der Waals surface area contributed by atoms with Crippen LogP contribution in [0.4, 0.5) is 19.3 Å². The number of aryl methyl sites for hydroxylation is 1. The molecule has 2 aromatic rings. The zero-order valence-electron chi connectivity index (χ0n) is 13.4. The normalized spacial score (nSPS) is 10.4. The lowest BCUT2D eigenvalue weighted by Gasteiger charge is -2.09. The number of carbonyl (C=O) groups is 2. The molecule has 0 bridgehead atoms. The van der Waals surface area contributed by atoms with E-state index in [0.717, 1.165) is 31.0 Å². The van der Waals surface area contributed by atoms with E-state index in [-0.39, 0.29) is 5.69 Å². The number of halogens is 2. The quantitative estimate of drug-likeness (QED) is 0.865. The van der Waals surface area contributed by atoms with E-state index >= 15 is 0 Å². The van der Waals surface area contributed by atoms with Crippen LogP contribution in [0.25, 0.3) is 0 Å². The van der Waals surface area contributed by atoms with Crippen LogP contribution in [0.1, 0.15) is 30.1 Å². The Bertz CT molecular complexity index is 831. The van der Waals surface area contributed by atoms with Crippen molar-refractivity contribution in [3.63, 3.8) is 0 Å². The summed E-state index contributed by atoms with van der Waals surface area (Å²) in [5.41, 5.74) is -1.53. The maximum absolute atomic E-state index is 13.5. The monoisotopic (exact) mass is 350 g/mol. The summed E-state index contributed by atoms with van der Waals surface area (Å²) in [5.74, 6) is -3.46. The van der Waals surface area contributed by atoms with E-state index in [1.54, 1.807) is 5.32 Å². The highest BCUT2D eigenvalue weighted by Gasteiger charge is 2.19. The van der Waals surface area contributed by atoms with Crippen LogP contribution in [-0.2, 0) is 6.54 Å². The highest BCUT2D eigenvalue weighted by molar-refractivity contribution is 6.08. The average Bonchev–Trinajstić information content (AvgIpc) is 2.55. The third-order valence-electron chi connectivity index (χ3n) is 3.30. The molecule has 0 radical (unpaired) electrons. The summed E-state index contributed by atoms with van der Waals surface area (Å²) in [4.78, 5) is 35.8. The van der Waals surface area contributed by atoms with Crippen molar-refractivity contribution in [2.24, 2.45) is 0 Å². The number of nitrogens with zero attached hydrogens (tertiary/aromatic N) is 2. The molecule has 0 aliphatic carbocycles. The van der Waals surface area contributed by atoms with Gasteiger partial charge in [-0.2, -0.15) is 5.10 Å². The molecule has 0 unspecified atom stereocenters. The van der Waals surface area contributed by atoms with Crippen molar-refractivity contribution in [3.8, 4) is 0 Å². The van der Waals surface area contributed by atoms with Gasteiger partial charge in [0.1, 0.15) is 22.9 Å². The van der Waals surface area contributed by atoms with Gasteiger partial charge >= 0.3 is 6.03 Å². The summed E-state index contributed by atoms with van der Waals surface area (Å²) in [6, 6.07) is 3.06. The first-order valence-electron chi connectivity index (χ1n) is 7.56. The molecule has 3 amide bonds. The van der Waals surface area contributed by atoms with Crippen molar-refractivity contribution in [3.05, 3.63) is 58.0 Å². The first-order valence-corrected chi connectivity index (χ1v) is 7.56. The highest BCUT2D eigenvalue weighted by Crippen LogP contribution is 2.11. The van der Waals surface area contributed by atoms with Gasteiger partial charge in [-0.3, -0.25) is 14.9 Å². The SMILES string of the molecule is CCCCn1nccc(NC(=O)NC(=O)c2c(F)cccc2F)c1=O. The van der Waals surface area contributed by atoms with Gasteiger partial charge in [0.2, 0.25) is 0 Å². The molecule has 132 valence electrons. The number of hydrogen-bond donors (Lipinski definition) is 2. The number of rotatable bonds is 5. The van der Waals surface area contributed by atoms with Crippen LogP contribution < -0.4 is 16.2 Å². The van der Waals surface area contributed by atoms with E-state index in [1.165, 1.54) is 16.9 Å². The fourth-order valence-electron chi connectivity index (χ4n) is 2.05. The number of urea groups is 1. The van der Waals surface area contributed by atoms with Gasteiger partial charge in [0.05, 0.1) is 0 Å². The average molecular weight is 350 g/mol. The first-order chi connectivity index (χ1) is 11.9. The second-order valence-electron chi connectivity index (χ2n) is 5.13. The Labute approximate surface area is 141 Å². The molecule has 7 nitrogen and oxygen atoms in total. The standard InChI is InChI=1S/C16H16F2N4O3/c1-2-3-9-22-15(24)12(7-8-19-22)20-16(25)21-14(23)13-10(17)5-4-6-11(13)18/h4-8H,2-3,9H2,1H3,(H2,20,21,23,25). The Balaban J connectivity index is 2.10. The lowest BCUT2D eigenvalue weighted by atomic mass is 10.2. The van der Waals surface area contributed by atoms with Gasteiger partial charge in [-0.05, 0) is 24.6 Å². The molecule has 1 aromatic carbocycles. The molecule has 0 fully saturated rings. The highest BCUT2D eigenvalue weighted by atomic mass is 19.1. The second kappa shape index (κ2) is 8.13. The molecule has 1 aromatic heterocycles. The third-order valence-corrected chi connectivity index (χ3v) is 3.30. The van der Waals surface area contributed by atoms with Crippen LogP contribution in [-0.4, -0.2) is 21.7 Å². The number of imide groups is 1. The van der Waals surface area contributed by atoms with Crippen molar-refractivity contribution in [2.75, 3.05) is 5.32 Å². The van der Waals surface area contributed by atoms with E-state index in [1.807, 2.05) is 6.92 Å². The fraction of sp³-hybridized carbons (Fsp3) is 0.250. The second-order valence-corrected chi connectivity index (χ2v) is 5.13. The maximum atomic E-state index is 13.5. The summed E-state index contributed by atoms with van der Waals surface area (Å²) in [6.07, 6.45) is 2.91. The Morgan fingerprint density at radius 2 is 1.88 bits per heavy atom. The lowest BCUT2D eigenvalue weighted by Crippen LogP contribution is -2.37. The van der Waals surface area contributed by atoms with Gasteiger partial charge in [-0.1, -0.05) is 19.4 Å². The molecular formula is C16H16F2N4O3. The molecule has 0 saturated heterocycles. The van der Waals surface area contributed by atoms with Crippen molar-refractivity contribution >= 4 is 17.6 Å². The molecule has 0 saturated carbocycles. The molecule has 2 rings (SSSR count). The van der Waals surface area contributed by atoms with E-state index in [0.29, 0.717) is 6.54 Å². The predicted octanol–water partition coefficient (Wildman–Crippen LogP) is 2.28. The number of nitrogens with one attached hydrogen (secondary N) is 2. The minimum Gasteiger partial charge on any atom is -0.303 e. The summed E-state index contributed by atoms with van der Waals surface area (Å²) < 4.78 is 28.2. The smallest absolute Gasteiger partial charge is 0.303 e. The largest absolute Gasteiger partial charge is 0.326 e. The number of aromatic nitrogens is 2. The summed E-state index contributed by atoms with van der Waals surface area (Å²) in [5, 5.41) is 7.84. The van der Waals surface area contributed by atoms with Crippen molar-refractivity contribution < 1.29 is 18.4 Å². The van der Waals surface area contributed by atoms with Crippen molar-refractivity contribution in [1.82, 2.24) is 15.1 Å². The van der Waals surface area contributed by atoms with Crippen LogP contribution in [0.3, 0.4) is 0 Å². The Hall–Kier alpha value is -3.10. The zero-order chi connectivity index (χ0) is 18.4. The minimum absolute atomic E-state index is 0.106. The summed E-state index contributed by atoms with van der Waals surface area (Å²) in [7, 11) is 0. The van der Waals surface area contributed by atoms with Crippen LogP contribution in [0, 0.1) is 11.6 Å². The van der Waals surface area contributed by atoms with E-state index < -0.39 is 34.7 Å². The molecule has 1 heterocycles. The van der Waals surface area contributed by atoms with E-state index in [4.69, 9.17) is 0 Å². The Morgan fingerprint density at radius 1 is 1.20 bits per heavy atom. The molecular weight excluding hydrogens is 334 g/mol. The van der Waals surface area contributed by atoms with Gasteiger partial charge in [-0.15, -0.1) is 0 Å². The number of anilines is 1. The first kappa shape index (κ1) is 18.2. The lowest BCUT2D eigenvalue weighted by molar-refractivity contribution is 0.0959. The number of amides is 3. The molecule has 2 N–H and O–H groups in total. The number of unbranched alkanes of at least 4 members (excludes halogenated alkanes) is 1. The van der Waals surface area contributed by atoms with Crippen LogP contribution in [0.2, 0.25) is 0 Å². The number of benzene rings is 1. The van der Waals surface area contributed by atoms with Crippen molar-refractivity contribution in [1.29, 1.82) is 0 Å². The zero-order valence-corrected chi connectivity index (χ0v) is 13.4. The van der Waals surface area contributed by atoms with Gasteiger partial charge in [-0.25, -0.2) is 18.3 Å². The Kier molecular flexibility index (Phi) is 5.93. The molecule has 0 atom stereocenters. The summed E-state index contributed by atoms with van der Waals surface area (Å²) in [6.45, 7) is 2.33. The third kappa shape index (κ3) is 4.46. The van der Waals surface area contributed by atoms with Crippen LogP contribution >= 0.6 is 0 Å². The van der Waals surface area contributed by atoms with Crippen molar-refractivity contribution in [2.45, 2.75) is 26.3 Å². The van der Waals surface area contributed by atoms with Crippen LogP contribution in [0.15, 0.2) is 35.3 Å². The number of hydrogen-bond acceptors (Lipinski definition) is 4. The molecule has 0 aliphatic heterocycles. The maximum Gasteiger partial charge on any atom is 0.326 e. The minimum atomic E-state index is -1.26. The van der Waals surface area contributed by atoms with Gasteiger partial charge in [0.15, 0.2) is 0 Å². The van der Waals surface area contributed by atoms with Gasteiger partial charge in [0.25, 0.3) is 11.5 Å². The van der Waals surface area contributed by atoms with Gasteiger partial charge < -0.3 is 5.32 Å². The van der Waals surface area contributed by atoms with Gasteiger partial charge in [0, 0.05) is 12.7 Å². The molecule has 9 heteroatoms. The Morgan fingerprint density at radius 3 is 2.52 bits per heavy atom. The van der Waals surface area contributed by atoms with E-state index in [2.05, 4.69) is 10.4 Å². The van der Waals surface area contributed by atoms with Crippen LogP contribution in [0.5, 0.6) is 0 Å². The predicted molar refractivity (Wildman–Crippen MR) is 86.2 cm³/mol. The molecule has 25 heavy (non-hydrogen) atoms. The fourth-order valence-corrected chi connectivity index (χ4v) is 2.05. The molecule has 0 aliphatic rings. The molecule has 0 spiro atoms. The number of carbonyl (C=O) groups excluding carboxylic acids is 2.